The summed E-state index contributed by atoms with van der Waals surface area (Å²) in [6, 6.07) is 12.8. The Bertz CT molecular complexity index is 1320. The van der Waals surface area contributed by atoms with E-state index in [0.29, 0.717) is 49.8 Å². The fraction of sp³-hybridized carbons (Fsp3) is 0.320. The summed E-state index contributed by atoms with van der Waals surface area (Å²) in [7, 11) is 0. The summed E-state index contributed by atoms with van der Waals surface area (Å²) in [5.41, 5.74) is 1.89. The van der Waals surface area contributed by atoms with Gasteiger partial charge in [0.05, 0.1) is 20.9 Å². The number of fused-ring (bicyclic) bond motifs is 1. The van der Waals surface area contributed by atoms with Crippen molar-refractivity contribution < 1.29 is 24.4 Å². The van der Waals surface area contributed by atoms with Crippen LogP contribution in [0.15, 0.2) is 48.5 Å². The quantitative estimate of drug-likeness (QED) is 0.359. The van der Waals surface area contributed by atoms with Crippen LogP contribution in [0.5, 0.6) is 17.5 Å². The lowest BCUT2D eigenvalue weighted by atomic mass is 10.2. The van der Waals surface area contributed by atoms with E-state index in [4.69, 9.17) is 4.74 Å². The zero-order chi connectivity index (χ0) is 24.5. The first kappa shape index (κ1) is 23.4. The van der Waals surface area contributed by atoms with Crippen LogP contribution in [0.3, 0.4) is 0 Å². The van der Waals surface area contributed by atoms with Crippen molar-refractivity contribution in [2.75, 3.05) is 44.2 Å². The number of anilines is 1. The average molecular weight is 499 g/mol. The maximum absolute atomic E-state index is 13.2. The van der Waals surface area contributed by atoms with Crippen LogP contribution in [0.25, 0.3) is 15.9 Å². The molecule has 5 rings (SSSR count). The molecule has 1 unspecified atom stereocenters. The number of thiazole rings is 1. The standard InChI is InChI=1S/C25H27FN4O4S/c1-16-27-21-12-20(6-7-23(21)35-16)34-15-19(31)14-28-8-10-29(11-9-28)22-13-24(32)30(25(22)33)18-4-2-17(26)3-5-18/h2-7,12-13,19,31-33H,8-11,14-15H2,1H3. The zero-order valence-corrected chi connectivity index (χ0v) is 20.1. The van der Waals surface area contributed by atoms with E-state index in [2.05, 4.69) is 9.88 Å². The van der Waals surface area contributed by atoms with Crippen molar-refractivity contribution in [2.24, 2.45) is 0 Å². The van der Waals surface area contributed by atoms with Crippen molar-refractivity contribution >= 4 is 27.2 Å². The van der Waals surface area contributed by atoms with Gasteiger partial charge in [-0.15, -0.1) is 11.3 Å². The summed E-state index contributed by atoms with van der Waals surface area (Å²) in [4.78, 5) is 8.60. The fourth-order valence-electron chi connectivity index (χ4n) is 4.38. The van der Waals surface area contributed by atoms with Gasteiger partial charge < -0.3 is 25.0 Å². The van der Waals surface area contributed by atoms with Gasteiger partial charge in [0.1, 0.15) is 30.0 Å². The van der Waals surface area contributed by atoms with E-state index in [1.165, 1.54) is 34.9 Å². The molecule has 3 heterocycles. The predicted molar refractivity (Wildman–Crippen MR) is 134 cm³/mol. The van der Waals surface area contributed by atoms with Gasteiger partial charge in [0.25, 0.3) is 0 Å². The lowest BCUT2D eigenvalue weighted by Gasteiger charge is -2.36. The van der Waals surface area contributed by atoms with E-state index in [1.54, 1.807) is 11.3 Å². The molecule has 8 nitrogen and oxygen atoms in total. The van der Waals surface area contributed by atoms with Gasteiger partial charge in [-0.25, -0.2) is 13.9 Å². The van der Waals surface area contributed by atoms with E-state index in [9.17, 15) is 19.7 Å². The number of piperazine rings is 1. The second kappa shape index (κ2) is 9.73. The number of β-amino-alcohol motifs (C(OH)–C–C–N with tert-alkyl or cyclic N) is 1. The molecule has 0 bridgehead atoms. The van der Waals surface area contributed by atoms with E-state index in [0.717, 1.165) is 15.2 Å². The smallest absolute Gasteiger partial charge is 0.223 e. The topological polar surface area (TPSA) is 94.2 Å². The Balaban J connectivity index is 1.14. The number of aryl methyl sites for hydroxylation is 1. The number of benzene rings is 2. The minimum atomic E-state index is -0.647. The first-order valence-electron chi connectivity index (χ1n) is 11.4. The number of aliphatic hydroxyl groups excluding tert-OH is 1. The van der Waals surface area contributed by atoms with E-state index in [-0.39, 0.29) is 24.2 Å². The molecule has 0 spiro atoms. The van der Waals surface area contributed by atoms with Crippen molar-refractivity contribution in [3.05, 3.63) is 59.4 Å². The number of ether oxygens (including phenoxy) is 1. The van der Waals surface area contributed by atoms with Gasteiger partial charge in [-0.1, -0.05) is 0 Å². The van der Waals surface area contributed by atoms with Gasteiger partial charge in [0.2, 0.25) is 11.8 Å². The molecule has 1 fully saturated rings. The number of aromatic nitrogens is 2. The molecule has 4 aromatic rings. The molecule has 184 valence electrons. The van der Waals surface area contributed by atoms with Gasteiger partial charge >= 0.3 is 0 Å². The Morgan fingerprint density at radius 2 is 1.80 bits per heavy atom. The second-order valence-electron chi connectivity index (χ2n) is 8.64. The molecule has 0 aliphatic carbocycles. The van der Waals surface area contributed by atoms with Crippen LogP contribution in [-0.2, 0) is 0 Å². The van der Waals surface area contributed by atoms with Crippen LogP contribution in [0.2, 0.25) is 0 Å². The third-order valence-electron chi connectivity index (χ3n) is 6.11. The van der Waals surface area contributed by atoms with Crippen LogP contribution in [0.4, 0.5) is 10.1 Å². The molecule has 10 heteroatoms. The molecule has 35 heavy (non-hydrogen) atoms. The van der Waals surface area contributed by atoms with Crippen molar-refractivity contribution in [1.29, 1.82) is 0 Å². The third kappa shape index (κ3) is 5.04. The van der Waals surface area contributed by atoms with Gasteiger partial charge in [-0.3, -0.25) is 4.90 Å². The maximum Gasteiger partial charge on any atom is 0.223 e. The Morgan fingerprint density at radius 3 is 2.54 bits per heavy atom. The van der Waals surface area contributed by atoms with Crippen molar-refractivity contribution in [2.45, 2.75) is 13.0 Å². The largest absolute Gasteiger partial charge is 0.494 e. The Labute approximate surface area is 206 Å². The Morgan fingerprint density at radius 1 is 1.06 bits per heavy atom. The summed E-state index contributed by atoms with van der Waals surface area (Å²) in [5.74, 6) is 0.0837. The molecule has 2 aromatic heterocycles. The molecule has 2 aromatic carbocycles. The fourth-order valence-corrected chi connectivity index (χ4v) is 5.19. The minimum Gasteiger partial charge on any atom is -0.494 e. The minimum absolute atomic E-state index is 0.0942. The Kier molecular flexibility index (Phi) is 6.50. The van der Waals surface area contributed by atoms with Crippen molar-refractivity contribution in [3.8, 4) is 23.2 Å². The molecule has 1 aliphatic rings. The molecule has 0 radical (unpaired) electrons. The summed E-state index contributed by atoms with van der Waals surface area (Å²) in [6.45, 7) is 5.23. The number of aromatic hydroxyl groups is 2. The van der Waals surface area contributed by atoms with Gasteiger partial charge in [-0.2, -0.15) is 0 Å². The molecule has 0 amide bonds. The van der Waals surface area contributed by atoms with Crippen molar-refractivity contribution in [1.82, 2.24) is 14.5 Å². The molecular weight excluding hydrogens is 471 g/mol. The Hall–Kier alpha value is -3.34. The monoisotopic (exact) mass is 498 g/mol. The first-order chi connectivity index (χ1) is 16.9. The number of hydrogen-bond acceptors (Lipinski definition) is 8. The summed E-state index contributed by atoms with van der Waals surface area (Å²) < 4.78 is 21.4. The number of nitrogens with zero attached hydrogens (tertiary/aromatic N) is 4. The van der Waals surface area contributed by atoms with Gasteiger partial charge in [-0.05, 0) is 43.3 Å². The molecule has 1 aliphatic heterocycles. The highest BCUT2D eigenvalue weighted by atomic mass is 32.1. The zero-order valence-electron chi connectivity index (χ0n) is 19.3. The average Bonchev–Trinajstić information content (AvgIpc) is 3.36. The van der Waals surface area contributed by atoms with Crippen LogP contribution >= 0.6 is 11.3 Å². The second-order valence-corrected chi connectivity index (χ2v) is 9.87. The number of halogens is 1. The molecular formula is C25H27FN4O4S. The maximum atomic E-state index is 13.2. The molecule has 3 N–H and O–H groups in total. The van der Waals surface area contributed by atoms with Crippen LogP contribution in [0, 0.1) is 12.7 Å². The highest BCUT2D eigenvalue weighted by Gasteiger charge is 2.25. The number of hydrogen-bond donors (Lipinski definition) is 3. The van der Waals surface area contributed by atoms with Gasteiger partial charge in [0.15, 0.2) is 0 Å². The predicted octanol–water partition coefficient (Wildman–Crippen LogP) is 3.51. The normalized spacial score (nSPS) is 15.6. The van der Waals surface area contributed by atoms with Crippen LogP contribution < -0.4 is 9.64 Å². The number of aliphatic hydroxyl groups is 1. The summed E-state index contributed by atoms with van der Waals surface area (Å²) in [6.07, 6.45) is -0.647. The molecule has 1 atom stereocenters. The summed E-state index contributed by atoms with van der Waals surface area (Å²) >= 11 is 1.64. The van der Waals surface area contributed by atoms with E-state index >= 15 is 0 Å². The van der Waals surface area contributed by atoms with E-state index < -0.39 is 6.10 Å². The van der Waals surface area contributed by atoms with Crippen LogP contribution in [0.1, 0.15) is 5.01 Å². The SMILES string of the molecule is Cc1nc2cc(OCC(O)CN3CCN(c4cc(O)n(-c5ccc(F)cc5)c4O)CC3)ccc2s1. The summed E-state index contributed by atoms with van der Waals surface area (Å²) in [5, 5.41) is 32.6. The third-order valence-corrected chi connectivity index (χ3v) is 7.06. The van der Waals surface area contributed by atoms with E-state index in [1.807, 2.05) is 30.0 Å². The highest BCUT2D eigenvalue weighted by Crippen LogP contribution is 2.38. The lowest BCUT2D eigenvalue weighted by molar-refractivity contribution is 0.0663. The molecule has 0 saturated carbocycles. The number of rotatable bonds is 7. The molecule has 1 saturated heterocycles. The first-order valence-corrected chi connectivity index (χ1v) is 12.2. The van der Waals surface area contributed by atoms with Crippen molar-refractivity contribution in [3.63, 3.8) is 0 Å². The highest BCUT2D eigenvalue weighted by molar-refractivity contribution is 7.18. The lowest BCUT2D eigenvalue weighted by Crippen LogP contribution is -2.49. The van der Waals surface area contributed by atoms with Gasteiger partial charge in [0, 0.05) is 44.9 Å². The van der Waals surface area contributed by atoms with Crippen LogP contribution in [-0.4, -0.2) is 75.2 Å².